The van der Waals surface area contributed by atoms with Gasteiger partial charge >= 0.3 is 6.03 Å². The molecule has 0 bridgehead atoms. The van der Waals surface area contributed by atoms with Crippen LogP contribution in [0.1, 0.15) is 5.56 Å². The van der Waals surface area contributed by atoms with Crippen molar-refractivity contribution in [3.63, 3.8) is 0 Å². The number of anilines is 1. The fourth-order valence-electron chi connectivity index (χ4n) is 2.31. The van der Waals surface area contributed by atoms with E-state index in [0.29, 0.717) is 16.9 Å². The summed E-state index contributed by atoms with van der Waals surface area (Å²) in [5.41, 5.74) is 1.51. The molecule has 0 aromatic heterocycles. The third kappa shape index (κ3) is 4.95. The summed E-state index contributed by atoms with van der Waals surface area (Å²) in [4.78, 5) is 16.0. The molecule has 0 radical (unpaired) electrons. The molecular formula is C20H17N3O4S. The number of rotatable bonds is 5. The first kappa shape index (κ1) is 19.1. The number of amides is 2. The normalized spacial score (nSPS) is 11.3. The topological polar surface area (TPSA) is 108 Å². The van der Waals surface area contributed by atoms with E-state index in [4.69, 9.17) is 0 Å². The number of hydrogen-bond acceptors (Lipinski definition) is 5. The van der Waals surface area contributed by atoms with Gasteiger partial charge in [-0.25, -0.2) is 17.9 Å². The van der Waals surface area contributed by atoms with E-state index in [-0.39, 0.29) is 10.6 Å². The summed E-state index contributed by atoms with van der Waals surface area (Å²) >= 11 is 0. The smallest absolute Gasteiger partial charge is 0.333 e. The number of hydrogen-bond donors (Lipinski definition) is 3. The Labute approximate surface area is 162 Å². The van der Waals surface area contributed by atoms with E-state index < -0.39 is 16.1 Å². The molecule has 3 N–H and O–H groups in total. The van der Waals surface area contributed by atoms with E-state index in [1.807, 2.05) is 4.72 Å². The van der Waals surface area contributed by atoms with Crippen LogP contribution in [0.25, 0.3) is 0 Å². The molecule has 0 spiro atoms. The predicted octanol–water partition coefficient (Wildman–Crippen LogP) is 3.65. The molecule has 7 nitrogen and oxygen atoms in total. The van der Waals surface area contributed by atoms with Crippen molar-refractivity contribution < 1.29 is 18.3 Å². The zero-order valence-corrected chi connectivity index (χ0v) is 15.4. The van der Waals surface area contributed by atoms with Crippen LogP contribution in [0.5, 0.6) is 5.75 Å². The van der Waals surface area contributed by atoms with Gasteiger partial charge in [-0.2, -0.15) is 0 Å². The Kier molecular flexibility index (Phi) is 5.71. The number of nitrogens with one attached hydrogen (secondary N) is 2. The maximum atomic E-state index is 12.3. The fraction of sp³-hybridized carbons (Fsp3) is 0. The Morgan fingerprint density at radius 2 is 1.54 bits per heavy atom. The van der Waals surface area contributed by atoms with Gasteiger partial charge in [0.1, 0.15) is 5.75 Å². The van der Waals surface area contributed by atoms with Gasteiger partial charge in [0, 0.05) is 17.5 Å². The second-order valence-corrected chi connectivity index (χ2v) is 7.42. The van der Waals surface area contributed by atoms with Gasteiger partial charge < -0.3 is 10.4 Å². The summed E-state index contributed by atoms with van der Waals surface area (Å²) < 4.78 is 26.6. The van der Waals surface area contributed by atoms with E-state index >= 15 is 0 Å². The van der Waals surface area contributed by atoms with E-state index in [9.17, 15) is 18.3 Å². The maximum Gasteiger partial charge on any atom is 0.333 e. The zero-order chi connectivity index (χ0) is 20.0. The van der Waals surface area contributed by atoms with Gasteiger partial charge in [0.05, 0.1) is 10.6 Å². The lowest BCUT2D eigenvalue weighted by molar-refractivity contribution is 0.256. The monoisotopic (exact) mass is 395 g/mol. The molecule has 0 saturated carbocycles. The quantitative estimate of drug-likeness (QED) is 0.573. The van der Waals surface area contributed by atoms with Crippen LogP contribution in [0.4, 0.5) is 16.2 Å². The van der Waals surface area contributed by atoms with Crippen LogP contribution in [0.15, 0.2) is 88.8 Å². The van der Waals surface area contributed by atoms with Gasteiger partial charge in [-0.05, 0) is 48.5 Å². The first-order valence-corrected chi connectivity index (χ1v) is 9.73. The third-order valence-electron chi connectivity index (χ3n) is 3.70. The molecule has 0 unspecified atom stereocenters. The summed E-state index contributed by atoms with van der Waals surface area (Å²) in [6.45, 7) is 0. The van der Waals surface area contributed by atoms with Crippen LogP contribution in [0.2, 0.25) is 0 Å². The van der Waals surface area contributed by atoms with Gasteiger partial charge in [-0.15, -0.1) is 0 Å². The van der Waals surface area contributed by atoms with Crippen molar-refractivity contribution in [3.8, 4) is 5.75 Å². The Morgan fingerprint density at radius 3 is 2.21 bits per heavy atom. The third-order valence-corrected chi connectivity index (χ3v) is 5.04. The molecule has 0 saturated heterocycles. The minimum Gasteiger partial charge on any atom is -0.507 e. The van der Waals surface area contributed by atoms with Crippen LogP contribution in [-0.2, 0) is 10.0 Å². The molecule has 2 amide bonds. The minimum absolute atomic E-state index is 0.0720. The molecule has 142 valence electrons. The van der Waals surface area contributed by atoms with Crippen LogP contribution in [0.3, 0.4) is 0 Å². The molecular weight excluding hydrogens is 378 g/mol. The summed E-state index contributed by atoms with van der Waals surface area (Å²) in [6, 6.07) is 20.1. The highest BCUT2D eigenvalue weighted by molar-refractivity contribution is 7.90. The molecule has 3 aromatic carbocycles. The van der Waals surface area contributed by atoms with Crippen LogP contribution < -0.4 is 10.0 Å². The van der Waals surface area contributed by atoms with Crippen molar-refractivity contribution in [2.75, 3.05) is 5.32 Å². The first-order valence-electron chi connectivity index (χ1n) is 8.25. The van der Waals surface area contributed by atoms with Crippen LogP contribution >= 0.6 is 0 Å². The van der Waals surface area contributed by atoms with Gasteiger partial charge in [0.15, 0.2) is 0 Å². The van der Waals surface area contributed by atoms with Gasteiger partial charge in [0.25, 0.3) is 10.0 Å². The predicted molar refractivity (Wildman–Crippen MR) is 108 cm³/mol. The number of phenols is 1. The van der Waals surface area contributed by atoms with Crippen molar-refractivity contribution in [2.45, 2.75) is 4.90 Å². The number of phenolic OH excluding ortho intramolecular Hbond substituents is 1. The molecule has 0 heterocycles. The highest BCUT2D eigenvalue weighted by atomic mass is 32.2. The Bertz CT molecular complexity index is 1100. The highest BCUT2D eigenvalue weighted by Crippen LogP contribution is 2.18. The summed E-state index contributed by atoms with van der Waals surface area (Å²) in [5.74, 6) is 0.0964. The van der Waals surface area contributed by atoms with Crippen molar-refractivity contribution in [2.24, 2.45) is 4.99 Å². The fourth-order valence-corrected chi connectivity index (χ4v) is 3.22. The maximum absolute atomic E-state index is 12.3. The number of benzene rings is 3. The number of urea groups is 1. The number of nitrogens with zero attached hydrogens (tertiary/aromatic N) is 1. The van der Waals surface area contributed by atoms with Crippen molar-refractivity contribution in [1.82, 2.24) is 4.72 Å². The van der Waals surface area contributed by atoms with E-state index in [1.165, 1.54) is 30.5 Å². The highest BCUT2D eigenvalue weighted by Gasteiger charge is 2.17. The van der Waals surface area contributed by atoms with Crippen LogP contribution in [0, 0.1) is 0 Å². The minimum atomic E-state index is -4.02. The largest absolute Gasteiger partial charge is 0.507 e. The van der Waals surface area contributed by atoms with Gasteiger partial charge in [-0.1, -0.05) is 30.3 Å². The number of sulfonamides is 1. The standard InChI is InChI=1S/C20H17N3O4S/c24-19-9-5-4-6-15(19)14-21-16-10-12-18(13-11-16)28(26,27)23-20(25)22-17-7-2-1-3-8-17/h1-14,24H,(H2,22,23,25). The lowest BCUT2D eigenvalue weighted by Gasteiger charge is -2.08. The molecule has 3 rings (SSSR count). The van der Waals surface area contributed by atoms with Crippen molar-refractivity contribution in [1.29, 1.82) is 0 Å². The zero-order valence-electron chi connectivity index (χ0n) is 14.6. The number of aromatic hydroxyl groups is 1. The van der Waals surface area contributed by atoms with Crippen molar-refractivity contribution in [3.05, 3.63) is 84.4 Å². The molecule has 0 fully saturated rings. The van der Waals surface area contributed by atoms with Gasteiger partial charge in [-0.3, -0.25) is 4.99 Å². The molecule has 3 aromatic rings. The number of carbonyl (C=O) groups excluding carboxylic acids is 1. The summed E-state index contributed by atoms with van der Waals surface area (Å²) in [5, 5.41) is 12.2. The number of para-hydroxylation sites is 2. The molecule has 28 heavy (non-hydrogen) atoms. The molecule has 8 heteroatoms. The second-order valence-electron chi connectivity index (χ2n) is 5.74. The van der Waals surface area contributed by atoms with E-state index in [0.717, 1.165) is 0 Å². The van der Waals surface area contributed by atoms with Gasteiger partial charge in [0.2, 0.25) is 0 Å². The number of carbonyl (C=O) groups is 1. The lowest BCUT2D eigenvalue weighted by Crippen LogP contribution is -2.34. The Balaban J connectivity index is 1.68. The summed E-state index contributed by atoms with van der Waals surface area (Å²) in [7, 11) is -4.02. The molecule has 0 aliphatic rings. The number of aliphatic imine (C=N–C) groups is 1. The lowest BCUT2D eigenvalue weighted by atomic mass is 10.2. The molecule has 0 aliphatic carbocycles. The van der Waals surface area contributed by atoms with E-state index in [2.05, 4.69) is 10.3 Å². The molecule has 0 aliphatic heterocycles. The Hall–Kier alpha value is -3.65. The summed E-state index contributed by atoms with van der Waals surface area (Å²) in [6.07, 6.45) is 1.48. The Morgan fingerprint density at radius 1 is 0.893 bits per heavy atom. The van der Waals surface area contributed by atoms with Crippen molar-refractivity contribution >= 4 is 33.6 Å². The van der Waals surface area contributed by atoms with E-state index in [1.54, 1.807) is 54.6 Å². The van der Waals surface area contributed by atoms with Crippen LogP contribution in [-0.4, -0.2) is 25.8 Å². The average Bonchev–Trinajstić information content (AvgIpc) is 2.68. The first-order chi connectivity index (χ1) is 13.4. The molecule has 0 atom stereocenters. The second kappa shape index (κ2) is 8.36. The SMILES string of the molecule is O=C(Nc1ccccc1)NS(=O)(=O)c1ccc(N=Cc2ccccc2O)cc1. The average molecular weight is 395 g/mol.